The molecular formula is C11H12FNO3S2. The Morgan fingerprint density at radius 1 is 1.44 bits per heavy atom. The van der Waals surface area contributed by atoms with Crippen LogP contribution in [0.1, 0.15) is 11.1 Å². The highest BCUT2D eigenvalue weighted by Crippen LogP contribution is 2.12. The van der Waals surface area contributed by atoms with Crippen LogP contribution in [0.15, 0.2) is 18.2 Å². The van der Waals surface area contributed by atoms with Gasteiger partial charge in [-0.15, -0.1) is 0 Å². The number of halogens is 1. The van der Waals surface area contributed by atoms with Gasteiger partial charge >= 0.3 is 0 Å². The Labute approximate surface area is 108 Å². The summed E-state index contributed by atoms with van der Waals surface area (Å²) < 4.78 is 46.8. The first-order valence-corrected chi connectivity index (χ1v) is 8.58. The minimum Gasteiger partial charge on any atom is -0.259 e. The molecule has 0 bridgehead atoms. The summed E-state index contributed by atoms with van der Waals surface area (Å²) in [5.74, 6) is -0.843. The van der Waals surface area contributed by atoms with Gasteiger partial charge in [0.15, 0.2) is 0 Å². The first-order valence-electron chi connectivity index (χ1n) is 5.03. The number of nitriles is 1. The zero-order valence-electron chi connectivity index (χ0n) is 9.72. The fourth-order valence-corrected chi connectivity index (χ4v) is 3.90. The molecule has 0 heterocycles. The van der Waals surface area contributed by atoms with E-state index in [0.717, 1.165) is 12.3 Å². The fourth-order valence-electron chi connectivity index (χ4n) is 1.22. The van der Waals surface area contributed by atoms with Crippen molar-refractivity contribution in [1.29, 1.82) is 5.26 Å². The summed E-state index contributed by atoms with van der Waals surface area (Å²) in [5, 5.41) is 8.57. The highest BCUT2D eigenvalue weighted by Gasteiger charge is 2.10. The van der Waals surface area contributed by atoms with Crippen LogP contribution in [0.5, 0.6) is 0 Å². The molecule has 1 unspecified atom stereocenters. The topological polar surface area (TPSA) is 75.0 Å². The molecule has 7 heteroatoms. The molecule has 98 valence electrons. The molecule has 1 aromatic carbocycles. The summed E-state index contributed by atoms with van der Waals surface area (Å²) in [4.78, 5) is 0. The molecule has 0 aliphatic rings. The van der Waals surface area contributed by atoms with Crippen molar-refractivity contribution >= 4 is 20.6 Å². The lowest BCUT2D eigenvalue weighted by Gasteiger charge is -2.03. The third-order valence-corrected chi connectivity index (χ3v) is 4.68. The van der Waals surface area contributed by atoms with Crippen LogP contribution in [0, 0.1) is 17.1 Å². The monoisotopic (exact) mass is 289 g/mol. The van der Waals surface area contributed by atoms with E-state index in [1.165, 1.54) is 12.1 Å². The van der Waals surface area contributed by atoms with Gasteiger partial charge in [0.05, 0.1) is 23.1 Å². The number of hydrogen-bond acceptors (Lipinski definition) is 4. The largest absolute Gasteiger partial charge is 0.259 e. The minimum atomic E-state index is -3.16. The molecule has 4 nitrogen and oxygen atoms in total. The highest BCUT2D eigenvalue weighted by atomic mass is 32.2. The van der Waals surface area contributed by atoms with Crippen LogP contribution in [-0.2, 0) is 26.4 Å². The zero-order chi connectivity index (χ0) is 13.8. The van der Waals surface area contributed by atoms with E-state index < -0.39 is 26.5 Å². The van der Waals surface area contributed by atoms with Crippen LogP contribution in [-0.4, -0.2) is 30.4 Å². The first-order chi connectivity index (χ1) is 8.31. The Morgan fingerprint density at radius 2 is 2.11 bits per heavy atom. The van der Waals surface area contributed by atoms with Gasteiger partial charge < -0.3 is 0 Å². The molecule has 0 N–H and O–H groups in total. The molecule has 18 heavy (non-hydrogen) atoms. The van der Waals surface area contributed by atoms with E-state index in [4.69, 9.17) is 5.26 Å². The molecule has 0 saturated carbocycles. The third-order valence-electron chi connectivity index (χ3n) is 2.18. The van der Waals surface area contributed by atoms with Crippen molar-refractivity contribution in [3.8, 4) is 6.07 Å². The van der Waals surface area contributed by atoms with Crippen LogP contribution < -0.4 is 0 Å². The maximum Gasteiger partial charge on any atom is 0.148 e. The van der Waals surface area contributed by atoms with Crippen molar-refractivity contribution in [2.45, 2.75) is 5.75 Å². The Balaban J connectivity index is 2.68. The summed E-state index contributed by atoms with van der Waals surface area (Å²) in [6.07, 6.45) is 1.06. The second-order valence-corrected chi connectivity index (χ2v) is 7.67. The van der Waals surface area contributed by atoms with E-state index in [1.807, 2.05) is 0 Å². The molecule has 0 saturated heterocycles. The summed E-state index contributed by atoms with van der Waals surface area (Å²) in [6.45, 7) is 0. The van der Waals surface area contributed by atoms with E-state index in [-0.39, 0.29) is 28.4 Å². The van der Waals surface area contributed by atoms with Crippen molar-refractivity contribution in [2.24, 2.45) is 0 Å². The molecule has 0 spiro atoms. The van der Waals surface area contributed by atoms with Crippen molar-refractivity contribution in [2.75, 3.05) is 17.8 Å². The van der Waals surface area contributed by atoms with Crippen LogP contribution in [0.3, 0.4) is 0 Å². The third kappa shape index (κ3) is 4.94. The van der Waals surface area contributed by atoms with Gasteiger partial charge in [-0.1, -0.05) is 6.07 Å². The number of hydrogen-bond donors (Lipinski definition) is 0. The van der Waals surface area contributed by atoms with Crippen LogP contribution in [0.2, 0.25) is 0 Å². The van der Waals surface area contributed by atoms with E-state index in [1.54, 1.807) is 6.07 Å². The summed E-state index contributed by atoms with van der Waals surface area (Å²) in [6, 6.07) is 5.70. The van der Waals surface area contributed by atoms with Gasteiger partial charge in [0.1, 0.15) is 15.7 Å². The molecule has 0 aromatic heterocycles. The molecule has 1 rings (SSSR count). The van der Waals surface area contributed by atoms with Crippen molar-refractivity contribution in [1.82, 2.24) is 0 Å². The standard InChI is InChI=1S/C11H12FNO3S2/c1-18(15,16)5-4-17(14)8-10-3-2-9(7-13)6-11(10)12/h2-3,6H,4-5,8H2,1H3. The normalized spacial score (nSPS) is 12.9. The van der Waals surface area contributed by atoms with E-state index in [2.05, 4.69) is 0 Å². The first kappa shape index (κ1) is 14.8. The van der Waals surface area contributed by atoms with Crippen LogP contribution >= 0.6 is 0 Å². The van der Waals surface area contributed by atoms with Gasteiger partial charge in [-0.2, -0.15) is 5.26 Å². The molecule has 0 amide bonds. The second-order valence-electron chi connectivity index (χ2n) is 3.84. The van der Waals surface area contributed by atoms with Crippen molar-refractivity contribution in [3.63, 3.8) is 0 Å². The summed E-state index contributed by atoms with van der Waals surface area (Å²) >= 11 is 0. The van der Waals surface area contributed by atoms with Gasteiger partial charge in [0.25, 0.3) is 0 Å². The molecule has 0 fully saturated rings. The van der Waals surface area contributed by atoms with E-state index in [0.29, 0.717) is 0 Å². The van der Waals surface area contributed by atoms with Crippen molar-refractivity contribution in [3.05, 3.63) is 35.1 Å². The maximum absolute atomic E-state index is 13.5. The molecule has 0 aliphatic carbocycles. The van der Waals surface area contributed by atoms with Gasteiger partial charge in [-0.05, 0) is 12.1 Å². The molecule has 0 aliphatic heterocycles. The van der Waals surface area contributed by atoms with Gasteiger partial charge in [-0.25, -0.2) is 12.8 Å². The van der Waals surface area contributed by atoms with Gasteiger partial charge in [-0.3, -0.25) is 4.21 Å². The zero-order valence-corrected chi connectivity index (χ0v) is 11.4. The Kier molecular flexibility index (Phi) is 4.99. The molecule has 1 aromatic rings. The lowest BCUT2D eigenvalue weighted by Crippen LogP contribution is -2.13. The lowest BCUT2D eigenvalue weighted by molar-refractivity contribution is 0.602. The Morgan fingerprint density at radius 3 is 2.61 bits per heavy atom. The summed E-state index contributed by atoms with van der Waals surface area (Å²) in [7, 11) is -4.60. The Hall–Kier alpha value is -1.26. The quantitative estimate of drug-likeness (QED) is 0.810. The number of rotatable bonds is 5. The van der Waals surface area contributed by atoms with Crippen molar-refractivity contribution < 1.29 is 17.0 Å². The number of benzene rings is 1. The van der Waals surface area contributed by atoms with Crippen LogP contribution in [0.25, 0.3) is 0 Å². The SMILES string of the molecule is CS(=O)(=O)CCS(=O)Cc1ccc(C#N)cc1F. The maximum atomic E-state index is 13.5. The molecule has 1 atom stereocenters. The molecule has 0 radical (unpaired) electrons. The minimum absolute atomic E-state index is 0.0156. The van der Waals surface area contributed by atoms with E-state index >= 15 is 0 Å². The van der Waals surface area contributed by atoms with E-state index in [9.17, 15) is 17.0 Å². The average Bonchev–Trinajstić information content (AvgIpc) is 2.28. The predicted molar refractivity (Wildman–Crippen MR) is 67.5 cm³/mol. The van der Waals surface area contributed by atoms with Gasteiger partial charge in [0.2, 0.25) is 0 Å². The average molecular weight is 289 g/mol. The fraction of sp³-hybridized carbons (Fsp3) is 0.364. The van der Waals surface area contributed by atoms with Crippen LogP contribution in [0.4, 0.5) is 4.39 Å². The highest BCUT2D eigenvalue weighted by molar-refractivity contribution is 7.92. The number of sulfone groups is 1. The lowest BCUT2D eigenvalue weighted by atomic mass is 10.1. The van der Waals surface area contributed by atoms with Gasteiger partial charge in [0, 0.05) is 28.4 Å². The predicted octanol–water partition coefficient (Wildman–Crippen LogP) is 0.991. The Bertz CT molecular complexity index is 605. The molecular weight excluding hydrogens is 277 g/mol. The second kappa shape index (κ2) is 6.07. The smallest absolute Gasteiger partial charge is 0.148 e. The number of nitrogens with zero attached hydrogens (tertiary/aromatic N) is 1. The summed E-state index contributed by atoms with van der Waals surface area (Å²) in [5.41, 5.74) is 0.416.